The first-order valence-corrected chi connectivity index (χ1v) is 7.36. The minimum Gasteiger partial charge on any atom is -0.347 e. The molecule has 7 heteroatoms. The molecule has 1 aromatic heterocycles. The number of aromatic nitrogens is 3. The fraction of sp³-hybridized carbons (Fsp3) is 0.438. The van der Waals surface area contributed by atoms with Crippen molar-refractivity contribution in [2.24, 2.45) is 0 Å². The average molecular weight is 319 g/mol. The highest BCUT2D eigenvalue weighted by Gasteiger charge is 2.23. The fourth-order valence-corrected chi connectivity index (χ4v) is 1.85. The van der Waals surface area contributed by atoms with Crippen molar-refractivity contribution >= 4 is 5.91 Å². The van der Waals surface area contributed by atoms with Crippen LogP contribution in [0.5, 0.6) is 0 Å². The van der Waals surface area contributed by atoms with Gasteiger partial charge >= 0.3 is 0 Å². The number of carbonyl (C=O) groups excluding carboxylic acids is 1. The molecular formula is C16H22FN5O. The average Bonchev–Trinajstić information content (AvgIpc) is 2.87. The van der Waals surface area contributed by atoms with E-state index in [0.29, 0.717) is 18.1 Å². The molecule has 2 aromatic rings. The lowest BCUT2D eigenvalue weighted by molar-refractivity contribution is 0.0909. The minimum atomic E-state index is -0.330. The van der Waals surface area contributed by atoms with Crippen molar-refractivity contribution in [2.45, 2.75) is 26.3 Å². The first kappa shape index (κ1) is 17.1. The third-order valence-corrected chi connectivity index (χ3v) is 3.94. The van der Waals surface area contributed by atoms with Crippen LogP contribution in [0, 0.1) is 12.7 Å². The van der Waals surface area contributed by atoms with E-state index in [0.717, 1.165) is 0 Å². The number of halogens is 1. The number of carbonyl (C=O) groups is 1. The summed E-state index contributed by atoms with van der Waals surface area (Å²) in [7, 11) is 3.91. The number of aryl methyl sites for hydroxylation is 1. The molecule has 0 saturated carbocycles. The van der Waals surface area contributed by atoms with E-state index in [1.807, 2.05) is 32.8 Å². The summed E-state index contributed by atoms with van der Waals surface area (Å²) >= 11 is 0. The summed E-state index contributed by atoms with van der Waals surface area (Å²) in [6.07, 6.45) is 0. The van der Waals surface area contributed by atoms with Crippen LogP contribution in [-0.2, 0) is 0 Å². The maximum Gasteiger partial charge on any atom is 0.291 e. The Kier molecular flexibility index (Phi) is 4.79. The van der Waals surface area contributed by atoms with Crippen LogP contribution in [0.4, 0.5) is 4.39 Å². The van der Waals surface area contributed by atoms with Gasteiger partial charge in [-0.25, -0.2) is 14.1 Å². The van der Waals surface area contributed by atoms with Gasteiger partial charge in [-0.1, -0.05) is 0 Å². The van der Waals surface area contributed by atoms with E-state index in [9.17, 15) is 9.18 Å². The molecule has 23 heavy (non-hydrogen) atoms. The third kappa shape index (κ3) is 3.92. The predicted molar refractivity (Wildman–Crippen MR) is 86.2 cm³/mol. The van der Waals surface area contributed by atoms with Crippen molar-refractivity contribution in [1.82, 2.24) is 25.0 Å². The quantitative estimate of drug-likeness (QED) is 0.912. The highest BCUT2D eigenvalue weighted by molar-refractivity contribution is 5.90. The lowest BCUT2D eigenvalue weighted by Gasteiger charge is -2.32. The van der Waals surface area contributed by atoms with E-state index >= 15 is 0 Å². The molecule has 2 rings (SSSR count). The van der Waals surface area contributed by atoms with Gasteiger partial charge in [0.15, 0.2) is 0 Å². The van der Waals surface area contributed by atoms with Crippen molar-refractivity contribution < 1.29 is 9.18 Å². The van der Waals surface area contributed by atoms with Crippen LogP contribution < -0.4 is 5.32 Å². The van der Waals surface area contributed by atoms with Gasteiger partial charge in [0.05, 0.1) is 5.69 Å². The molecular weight excluding hydrogens is 297 g/mol. The van der Waals surface area contributed by atoms with Crippen LogP contribution >= 0.6 is 0 Å². The van der Waals surface area contributed by atoms with Crippen LogP contribution in [0.25, 0.3) is 5.69 Å². The van der Waals surface area contributed by atoms with Gasteiger partial charge in [0.1, 0.15) is 11.6 Å². The molecule has 0 aliphatic heterocycles. The Morgan fingerprint density at radius 1 is 1.30 bits per heavy atom. The van der Waals surface area contributed by atoms with Crippen molar-refractivity contribution in [3.8, 4) is 5.69 Å². The highest BCUT2D eigenvalue weighted by atomic mass is 19.1. The molecule has 1 aromatic carbocycles. The van der Waals surface area contributed by atoms with E-state index in [1.54, 1.807) is 19.1 Å². The summed E-state index contributed by atoms with van der Waals surface area (Å²) in [5.41, 5.74) is 0.480. The fourth-order valence-electron chi connectivity index (χ4n) is 1.85. The summed E-state index contributed by atoms with van der Waals surface area (Å²) in [5.74, 6) is 0.00861. The van der Waals surface area contributed by atoms with Gasteiger partial charge < -0.3 is 10.2 Å². The molecule has 1 N–H and O–H groups in total. The molecule has 0 spiro atoms. The highest BCUT2D eigenvalue weighted by Crippen LogP contribution is 2.11. The first-order valence-electron chi connectivity index (χ1n) is 7.36. The monoisotopic (exact) mass is 319 g/mol. The van der Waals surface area contributed by atoms with Gasteiger partial charge in [0.2, 0.25) is 5.82 Å². The maximum absolute atomic E-state index is 13.0. The van der Waals surface area contributed by atoms with E-state index in [-0.39, 0.29) is 23.1 Å². The van der Waals surface area contributed by atoms with E-state index in [2.05, 4.69) is 15.4 Å². The van der Waals surface area contributed by atoms with Gasteiger partial charge in [0, 0.05) is 12.1 Å². The van der Waals surface area contributed by atoms with Gasteiger partial charge in [-0.15, -0.1) is 5.10 Å². The van der Waals surface area contributed by atoms with E-state index < -0.39 is 0 Å². The molecule has 0 aliphatic carbocycles. The minimum absolute atomic E-state index is 0.0985. The second kappa shape index (κ2) is 6.45. The summed E-state index contributed by atoms with van der Waals surface area (Å²) < 4.78 is 14.5. The van der Waals surface area contributed by atoms with Crippen molar-refractivity contribution in [2.75, 3.05) is 20.6 Å². The van der Waals surface area contributed by atoms with Crippen molar-refractivity contribution in [1.29, 1.82) is 0 Å². The molecule has 0 unspecified atom stereocenters. The molecule has 1 amide bonds. The van der Waals surface area contributed by atoms with Crippen molar-refractivity contribution in [3.63, 3.8) is 0 Å². The van der Waals surface area contributed by atoms with Crippen LogP contribution in [0.1, 0.15) is 30.3 Å². The molecule has 0 fully saturated rings. The normalized spacial score (nSPS) is 11.8. The molecule has 0 saturated heterocycles. The largest absolute Gasteiger partial charge is 0.347 e. The Hall–Kier alpha value is -2.28. The van der Waals surface area contributed by atoms with Crippen LogP contribution in [0.15, 0.2) is 24.3 Å². The molecule has 0 atom stereocenters. The number of benzene rings is 1. The molecule has 6 nitrogen and oxygen atoms in total. The Morgan fingerprint density at radius 3 is 2.48 bits per heavy atom. The topological polar surface area (TPSA) is 63.1 Å². The third-order valence-electron chi connectivity index (χ3n) is 3.94. The lowest BCUT2D eigenvalue weighted by atomic mass is 10.0. The number of amides is 1. The standard InChI is InChI=1S/C16H22FN5O/c1-11-19-14(15(23)18-10-16(2,3)21(4)5)20-22(11)13-8-6-12(17)7-9-13/h6-9H,10H2,1-5H3,(H,18,23). The summed E-state index contributed by atoms with van der Waals surface area (Å²) in [5, 5.41) is 7.06. The molecule has 124 valence electrons. The molecule has 1 heterocycles. The number of nitrogens with zero attached hydrogens (tertiary/aromatic N) is 4. The van der Waals surface area contributed by atoms with Gasteiger partial charge in [-0.3, -0.25) is 4.79 Å². The second-order valence-electron chi connectivity index (χ2n) is 6.26. The number of nitrogens with one attached hydrogen (secondary N) is 1. The Bertz CT molecular complexity index is 691. The molecule has 0 aliphatic rings. The molecule has 0 radical (unpaired) electrons. The Balaban J connectivity index is 2.14. The van der Waals surface area contributed by atoms with Gasteiger partial charge in [-0.2, -0.15) is 0 Å². The zero-order valence-corrected chi connectivity index (χ0v) is 14.1. The second-order valence-corrected chi connectivity index (χ2v) is 6.26. The maximum atomic E-state index is 13.0. The van der Waals surface area contributed by atoms with Crippen molar-refractivity contribution in [3.05, 3.63) is 41.7 Å². The molecule has 0 bridgehead atoms. The summed E-state index contributed by atoms with van der Waals surface area (Å²) in [6, 6.07) is 5.87. The van der Waals surface area contributed by atoms with Crippen LogP contribution in [-0.4, -0.2) is 51.8 Å². The van der Waals surface area contributed by atoms with E-state index in [1.165, 1.54) is 16.8 Å². The predicted octanol–water partition coefficient (Wildman–Crippen LogP) is 1.78. The summed E-state index contributed by atoms with van der Waals surface area (Å²) in [4.78, 5) is 18.5. The lowest BCUT2D eigenvalue weighted by Crippen LogP contribution is -2.48. The van der Waals surface area contributed by atoms with E-state index in [4.69, 9.17) is 0 Å². The zero-order chi connectivity index (χ0) is 17.2. The number of hydrogen-bond donors (Lipinski definition) is 1. The summed E-state index contributed by atoms with van der Waals surface area (Å²) in [6.45, 7) is 6.28. The van der Waals surface area contributed by atoms with Gasteiger partial charge in [-0.05, 0) is 59.1 Å². The first-order chi connectivity index (χ1) is 10.7. The number of hydrogen-bond acceptors (Lipinski definition) is 4. The number of likely N-dealkylation sites (N-methyl/N-ethyl adjacent to an activating group) is 1. The van der Waals surface area contributed by atoms with Crippen LogP contribution in [0.3, 0.4) is 0 Å². The SMILES string of the molecule is Cc1nc(C(=O)NCC(C)(C)N(C)C)nn1-c1ccc(F)cc1. The zero-order valence-electron chi connectivity index (χ0n) is 14.1. The van der Waals surface area contributed by atoms with Crippen LogP contribution in [0.2, 0.25) is 0 Å². The number of rotatable bonds is 5. The van der Waals surface area contributed by atoms with Gasteiger partial charge in [0.25, 0.3) is 5.91 Å². The smallest absolute Gasteiger partial charge is 0.291 e. The Labute approximate surface area is 135 Å². The Morgan fingerprint density at radius 2 is 1.91 bits per heavy atom.